The quantitative estimate of drug-likeness (QED) is 0.822. The molecule has 7 nitrogen and oxygen atoms in total. The topological polar surface area (TPSA) is 92.8 Å². The summed E-state index contributed by atoms with van der Waals surface area (Å²) in [5.74, 6) is 0.166. The van der Waals surface area contributed by atoms with Gasteiger partial charge in [-0.2, -0.15) is 0 Å². The first kappa shape index (κ1) is 19.8. The van der Waals surface area contributed by atoms with Gasteiger partial charge in [0, 0.05) is 18.0 Å². The summed E-state index contributed by atoms with van der Waals surface area (Å²) in [5, 5.41) is 0.773. The van der Waals surface area contributed by atoms with Crippen LogP contribution in [-0.2, 0) is 20.7 Å². The molecule has 0 radical (unpaired) electrons. The molecule has 0 unspecified atom stereocenters. The van der Waals surface area contributed by atoms with Crippen LogP contribution in [0.2, 0.25) is 0 Å². The number of rotatable bonds is 5. The lowest BCUT2D eigenvalue weighted by Gasteiger charge is -2.19. The Bertz CT molecular complexity index is 804. The van der Waals surface area contributed by atoms with E-state index in [4.69, 9.17) is 19.9 Å². The van der Waals surface area contributed by atoms with Crippen molar-refractivity contribution >= 4 is 23.0 Å². The molecule has 142 valence electrons. The van der Waals surface area contributed by atoms with Gasteiger partial charge in [0.15, 0.2) is 0 Å². The summed E-state index contributed by atoms with van der Waals surface area (Å²) in [5.41, 5.74) is 6.73. The molecule has 1 atom stereocenters. The number of fused-ring (bicyclic) bond motifs is 1. The summed E-state index contributed by atoms with van der Waals surface area (Å²) in [6.07, 6.45) is 1.39. The van der Waals surface area contributed by atoms with Gasteiger partial charge in [-0.3, -0.25) is 9.36 Å². The summed E-state index contributed by atoms with van der Waals surface area (Å²) in [6.45, 7) is 7.40. The SMILES string of the molecule is CCOC(=O)[C@H](N)Cc1cn(C(=O)OC(C)(C)C)c2ccc(OC)cc12. The number of ether oxygens (including phenoxy) is 3. The molecule has 2 aromatic rings. The number of nitrogens with zero attached hydrogens (tertiary/aromatic N) is 1. The molecule has 0 aliphatic rings. The molecule has 1 aromatic heterocycles. The summed E-state index contributed by atoms with van der Waals surface area (Å²) < 4.78 is 17.1. The van der Waals surface area contributed by atoms with Crippen molar-refractivity contribution in [2.75, 3.05) is 13.7 Å². The van der Waals surface area contributed by atoms with Crippen LogP contribution in [-0.4, -0.2) is 42.0 Å². The number of methoxy groups -OCH3 is 1. The van der Waals surface area contributed by atoms with Gasteiger partial charge >= 0.3 is 12.1 Å². The van der Waals surface area contributed by atoms with Crippen LogP contribution >= 0.6 is 0 Å². The monoisotopic (exact) mass is 362 g/mol. The van der Waals surface area contributed by atoms with Crippen molar-refractivity contribution in [2.45, 2.75) is 45.8 Å². The predicted octanol–water partition coefficient (Wildman–Crippen LogP) is 2.87. The Balaban J connectivity index is 2.45. The summed E-state index contributed by atoms with van der Waals surface area (Å²) >= 11 is 0. The Kier molecular flexibility index (Phi) is 5.92. The highest BCUT2D eigenvalue weighted by atomic mass is 16.6. The molecular weight excluding hydrogens is 336 g/mol. The molecule has 0 aliphatic carbocycles. The first-order valence-electron chi connectivity index (χ1n) is 8.49. The average Bonchev–Trinajstić information content (AvgIpc) is 2.91. The number of benzene rings is 1. The van der Waals surface area contributed by atoms with E-state index in [1.807, 2.05) is 6.07 Å². The van der Waals surface area contributed by atoms with Gasteiger partial charge in [0.2, 0.25) is 0 Å². The van der Waals surface area contributed by atoms with E-state index in [9.17, 15) is 9.59 Å². The minimum absolute atomic E-state index is 0.234. The van der Waals surface area contributed by atoms with Crippen molar-refractivity contribution in [3.8, 4) is 5.75 Å². The second-order valence-corrected chi connectivity index (χ2v) is 6.95. The Morgan fingerprint density at radius 3 is 2.54 bits per heavy atom. The molecule has 1 heterocycles. The highest BCUT2D eigenvalue weighted by molar-refractivity contribution is 5.93. The molecule has 0 saturated carbocycles. The molecule has 7 heteroatoms. The fourth-order valence-electron chi connectivity index (χ4n) is 2.60. The van der Waals surface area contributed by atoms with Crippen LogP contribution in [0.1, 0.15) is 33.3 Å². The van der Waals surface area contributed by atoms with Crippen LogP contribution < -0.4 is 10.5 Å². The summed E-state index contributed by atoms with van der Waals surface area (Å²) in [4.78, 5) is 24.4. The largest absolute Gasteiger partial charge is 0.497 e. The van der Waals surface area contributed by atoms with E-state index in [1.165, 1.54) is 4.57 Å². The molecular formula is C19H26N2O5. The van der Waals surface area contributed by atoms with Gasteiger partial charge in [0.05, 0.1) is 19.2 Å². The van der Waals surface area contributed by atoms with Crippen molar-refractivity contribution < 1.29 is 23.8 Å². The van der Waals surface area contributed by atoms with E-state index in [-0.39, 0.29) is 13.0 Å². The second-order valence-electron chi connectivity index (χ2n) is 6.95. The Morgan fingerprint density at radius 2 is 1.96 bits per heavy atom. The molecule has 0 spiro atoms. The third-order valence-corrected chi connectivity index (χ3v) is 3.71. The van der Waals surface area contributed by atoms with E-state index in [0.29, 0.717) is 11.3 Å². The maximum absolute atomic E-state index is 12.6. The zero-order valence-corrected chi connectivity index (χ0v) is 15.9. The van der Waals surface area contributed by atoms with Crippen molar-refractivity contribution in [1.29, 1.82) is 0 Å². The van der Waals surface area contributed by atoms with Gasteiger partial charge in [-0.1, -0.05) is 0 Å². The summed E-state index contributed by atoms with van der Waals surface area (Å²) in [6, 6.07) is 4.53. The number of carbonyl (C=O) groups excluding carboxylic acids is 2. The number of esters is 1. The Labute approximate surface area is 153 Å². The lowest BCUT2D eigenvalue weighted by atomic mass is 10.1. The molecule has 26 heavy (non-hydrogen) atoms. The van der Waals surface area contributed by atoms with E-state index in [2.05, 4.69) is 0 Å². The number of nitrogens with two attached hydrogens (primary N) is 1. The molecule has 0 aliphatic heterocycles. The van der Waals surface area contributed by atoms with Gasteiger partial charge in [-0.25, -0.2) is 4.79 Å². The number of hydrogen-bond donors (Lipinski definition) is 1. The third kappa shape index (κ3) is 4.54. The van der Waals surface area contributed by atoms with Gasteiger partial charge in [0.25, 0.3) is 0 Å². The van der Waals surface area contributed by atoms with Gasteiger partial charge in [-0.15, -0.1) is 0 Å². The maximum Gasteiger partial charge on any atom is 0.419 e. The fourth-order valence-corrected chi connectivity index (χ4v) is 2.60. The minimum Gasteiger partial charge on any atom is -0.497 e. The van der Waals surface area contributed by atoms with Crippen LogP contribution in [0, 0.1) is 0 Å². The molecule has 2 N–H and O–H groups in total. The van der Waals surface area contributed by atoms with Gasteiger partial charge < -0.3 is 19.9 Å². The van der Waals surface area contributed by atoms with Crippen molar-refractivity contribution in [1.82, 2.24) is 4.57 Å². The van der Waals surface area contributed by atoms with Crippen molar-refractivity contribution in [3.05, 3.63) is 30.0 Å². The van der Waals surface area contributed by atoms with Crippen LogP contribution in [0.4, 0.5) is 4.79 Å². The smallest absolute Gasteiger partial charge is 0.419 e. The Hall–Kier alpha value is -2.54. The molecule has 0 bridgehead atoms. The Morgan fingerprint density at radius 1 is 1.27 bits per heavy atom. The lowest BCUT2D eigenvalue weighted by molar-refractivity contribution is -0.144. The van der Waals surface area contributed by atoms with E-state index in [0.717, 1.165) is 10.9 Å². The van der Waals surface area contributed by atoms with Crippen LogP contribution in [0.5, 0.6) is 5.75 Å². The number of carbonyl (C=O) groups is 2. The zero-order valence-electron chi connectivity index (χ0n) is 15.9. The lowest BCUT2D eigenvalue weighted by Crippen LogP contribution is -2.34. The second kappa shape index (κ2) is 7.78. The van der Waals surface area contributed by atoms with E-state index < -0.39 is 23.7 Å². The number of hydrogen-bond acceptors (Lipinski definition) is 6. The first-order chi connectivity index (χ1) is 12.2. The van der Waals surface area contributed by atoms with E-state index in [1.54, 1.807) is 53.1 Å². The molecule has 1 aromatic carbocycles. The molecule has 0 saturated heterocycles. The standard InChI is InChI=1S/C19H26N2O5/c1-6-25-17(22)15(20)9-12-11-21(18(23)26-19(2,3)4)16-8-7-13(24-5)10-14(12)16/h7-8,10-11,15H,6,9,20H2,1-5H3/t15-/m1/s1. The van der Waals surface area contributed by atoms with Crippen LogP contribution in [0.3, 0.4) is 0 Å². The predicted molar refractivity (Wildman–Crippen MR) is 98.4 cm³/mol. The highest BCUT2D eigenvalue weighted by Crippen LogP contribution is 2.28. The van der Waals surface area contributed by atoms with Crippen LogP contribution in [0.15, 0.2) is 24.4 Å². The van der Waals surface area contributed by atoms with Crippen LogP contribution in [0.25, 0.3) is 10.9 Å². The molecule has 2 rings (SSSR count). The number of aromatic nitrogens is 1. The normalized spacial score (nSPS) is 12.7. The van der Waals surface area contributed by atoms with Crippen molar-refractivity contribution in [3.63, 3.8) is 0 Å². The van der Waals surface area contributed by atoms with E-state index >= 15 is 0 Å². The zero-order chi connectivity index (χ0) is 19.5. The first-order valence-corrected chi connectivity index (χ1v) is 8.49. The van der Waals surface area contributed by atoms with Gasteiger partial charge in [0.1, 0.15) is 17.4 Å². The highest BCUT2D eigenvalue weighted by Gasteiger charge is 2.23. The maximum atomic E-state index is 12.6. The van der Waals surface area contributed by atoms with Gasteiger partial charge in [-0.05, 0) is 51.5 Å². The molecule has 0 fully saturated rings. The minimum atomic E-state index is -0.821. The summed E-state index contributed by atoms with van der Waals surface area (Å²) in [7, 11) is 1.57. The third-order valence-electron chi connectivity index (χ3n) is 3.71. The fraction of sp³-hybridized carbons (Fsp3) is 0.474. The average molecular weight is 362 g/mol. The van der Waals surface area contributed by atoms with Crippen molar-refractivity contribution in [2.24, 2.45) is 5.73 Å². The molecule has 0 amide bonds.